The van der Waals surface area contributed by atoms with E-state index in [2.05, 4.69) is 20.7 Å². The Bertz CT molecular complexity index is 353. The van der Waals surface area contributed by atoms with E-state index in [1.807, 2.05) is 0 Å². The van der Waals surface area contributed by atoms with Crippen LogP contribution < -0.4 is 5.43 Å². The van der Waals surface area contributed by atoms with Gasteiger partial charge in [0.25, 0.3) is 5.71 Å². The predicted octanol–water partition coefficient (Wildman–Crippen LogP) is -0.653. The topological polar surface area (TPSA) is 128 Å². The number of nitrogens with one attached hydrogen (secondary N) is 2. The molecule has 74 valence electrons. The van der Waals surface area contributed by atoms with E-state index < -0.39 is 17.7 Å². The number of hydrogen-bond donors (Lipinski definition) is 4. The van der Waals surface area contributed by atoms with Gasteiger partial charge in [0.2, 0.25) is 0 Å². The number of hydrazone groups is 1. The summed E-state index contributed by atoms with van der Waals surface area (Å²) in [5.74, 6) is -2.95. The molecule has 1 aromatic rings. The van der Waals surface area contributed by atoms with Crippen molar-refractivity contribution in [2.24, 2.45) is 5.10 Å². The lowest BCUT2D eigenvalue weighted by Crippen LogP contribution is -2.24. The smallest absolute Gasteiger partial charge is 0.364 e. The number of rotatable bonds is 4. The van der Waals surface area contributed by atoms with Crippen LogP contribution in [-0.4, -0.2) is 38.1 Å². The second kappa shape index (κ2) is 4.03. The van der Waals surface area contributed by atoms with E-state index in [4.69, 9.17) is 10.2 Å². The van der Waals surface area contributed by atoms with Crippen LogP contribution in [0.25, 0.3) is 0 Å². The summed E-state index contributed by atoms with van der Waals surface area (Å²) in [6, 6.07) is 1.46. The minimum absolute atomic E-state index is 0.296. The van der Waals surface area contributed by atoms with Gasteiger partial charge in [-0.2, -0.15) is 10.2 Å². The van der Waals surface area contributed by atoms with E-state index in [0.29, 0.717) is 5.82 Å². The summed E-state index contributed by atoms with van der Waals surface area (Å²) < 4.78 is 0. The molecule has 8 heteroatoms. The van der Waals surface area contributed by atoms with Gasteiger partial charge < -0.3 is 10.2 Å². The lowest BCUT2D eigenvalue weighted by atomic mass is 10.4. The number of carboxylic acids is 2. The highest BCUT2D eigenvalue weighted by Crippen LogP contribution is 1.97. The number of aliphatic carboxylic acids is 2. The van der Waals surface area contributed by atoms with Gasteiger partial charge >= 0.3 is 11.9 Å². The minimum Gasteiger partial charge on any atom is -0.476 e. The summed E-state index contributed by atoms with van der Waals surface area (Å²) in [7, 11) is 0. The quantitative estimate of drug-likeness (QED) is 0.289. The molecule has 0 radical (unpaired) electrons. The van der Waals surface area contributed by atoms with Crippen molar-refractivity contribution in [3.63, 3.8) is 0 Å². The second-order valence-corrected chi connectivity index (χ2v) is 2.15. The van der Waals surface area contributed by atoms with Crippen molar-refractivity contribution in [3.05, 3.63) is 12.3 Å². The number of aromatic nitrogens is 2. The van der Waals surface area contributed by atoms with Crippen LogP contribution in [0.15, 0.2) is 17.4 Å². The molecule has 4 N–H and O–H groups in total. The van der Waals surface area contributed by atoms with Gasteiger partial charge in [-0.25, -0.2) is 9.59 Å². The van der Waals surface area contributed by atoms with E-state index in [-0.39, 0.29) is 0 Å². The summed E-state index contributed by atoms with van der Waals surface area (Å²) >= 11 is 0. The zero-order valence-electron chi connectivity index (χ0n) is 6.76. The largest absolute Gasteiger partial charge is 0.476 e. The first-order valence-corrected chi connectivity index (χ1v) is 3.41. The summed E-state index contributed by atoms with van der Waals surface area (Å²) in [4.78, 5) is 20.6. The first kappa shape index (κ1) is 9.71. The highest BCUT2D eigenvalue weighted by Gasteiger charge is 2.18. The van der Waals surface area contributed by atoms with Crippen LogP contribution in [0.1, 0.15) is 0 Å². The van der Waals surface area contributed by atoms with Crippen molar-refractivity contribution >= 4 is 23.5 Å². The molecule has 0 spiro atoms. The molecular formula is C6H6N4O4. The summed E-state index contributed by atoms with van der Waals surface area (Å²) in [6.07, 6.45) is 1.40. The molecule has 1 aromatic heterocycles. The molecule has 0 aliphatic rings. The third-order valence-corrected chi connectivity index (χ3v) is 1.19. The number of carbonyl (C=O) groups is 2. The first-order chi connectivity index (χ1) is 6.61. The van der Waals surface area contributed by atoms with Crippen molar-refractivity contribution < 1.29 is 19.8 Å². The molecule has 0 aliphatic heterocycles. The number of hydrogen-bond acceptors (Lipinski definition) is 5. The number of H-pyrrole nitrogens is 1. The first-order valence-electron chi connectivity index (χ1n) is 3.41. The average Bonchev–Trinajstić information content (AvgIpc) is 2.55. The van der Waals surface area contributed by atoms with Gasteiger partial charge in [-0.1, -0.05) is 0 Å². The van der Waals surface area contributed by atoms with Crippen LogP contribution in [0, 0.1) is 0 Å². The van der Waals surface area contributed by atoms with Crippen molar-refractivity contribution in [2.75, 3.05) is 5.43 Å². The van der Waals surface area contributed by atoms with Crippen LogP contribution >= 0.6 is 0 Å². The Kier molecular flexibility index (Phi) is 2.79. The zero-order chi connectivity index (χ0) is 10.6. The van der Waals surface area contributed by atoms with E-state index >= 15 is 0 Å². The zero-order valence-corrected chi connectivity index (χ0v) is 6.76. The molecule has 14 heavy (non-hydrogen) atoms. The Morgan fingerprint density at radius 1 is 1.43 bits per heavy atom. The monoisotopic (exact) mass is 198 g/mol. The van der Waals surface area contributed by atoms with Crippen LogP contribution in [0.3, 0.4) is 0 Å². The van der Waals surface area contributed by atoms with Crippen molar-refractivity contribution in [3.8, 4) is 0 Å². The van der Waals surface area contributed by atoms with Gasteiger partial charge in [-0.05, 0) is 0 Å². The molecule has 0 bridgehead atoms. The van der Waals surface area contributed by atoms with Crippen LogP contribution in [-0.2, 0) is 9.59 Å². The standard InChI is InChI=1S/C6H6N4O4/c11-5(12)4(6(13)14)10-9-3-1-2-7-8-3/h1-2H,(H,11,12)(H,13,14)(H2,7,8,9). The highest BCUT2D eigenvalue weighted by atomic mass is 16.4. The summed E-state index contributed by atoms with van der Waals surface area (Å²) in [5, 5.41) is 25.9. The molecule has 0 saturated heterocycles. The SMILES string of the molecule is O=C(O)C(=NNc1ccn[nH]1)C(=O)O. The van der Waals surface area contributed by atoms with Gasteiger partial charge in [0.05, 0.1) is 6.20 Å². The normalized spacial score (nSPS) is 9.14. The van der Waals surface area contributed by atoms with Crippen molar-refractivity contribution in [2.45, 2.75) is 0 Å². The third kappa shape index (κ3) is 2.30. The molecule has 0 unspecified atom stereocenters. The Labute approximate surface area is 77.3 Å². The average molecular weight is 198 g/mol. The number of nitrogens with zero attached hydrogens (tertiary/aromatic N) is 2. The molecule has 0 fully saturated rings. The van der Waals surface area contributed by atoms with Crippen molar-refractivity contribution in [1.82, 2.24) is 10.2 Å². The second-order valence-electron chi connectivity index (χ2n) is 2.15. The van der Waals surface area contributed by atoms with Gasteiger partial charge in [0.1, 0.15) is 5.82 Å². The van der Waals surface area contributed by atoms with Gasteiger partial charge in [-0.3, -0.25) is 10.5 Å². The van der Waals surface area contributed by atoms with Gasteiger partial charge in [0, 0.05) is 6.07 Å². The predicted molar refractivity (Wildman–Crippen MR) is 44.9 cm³/mol. The minimum atomic E-state index is -1.62. The van der Waals surface area contributed by atoms with E-state index in [9.17, 15) is 9.59 Å². The fourth-order valence-corrected chi connectivity index (χ4v) is 0.621. The van der Waals surface area contributed by atoms with Crippen LogP contribution in [0.5, 0.6) is 0 Å². The molecule has 0 aromatic carbocycles. The van der Waals surface area contributed by atoms with Crippen LogP contribution in [0.4, 0.5) is 5.82 Å². The molecule has 0 aliphatic carbocycles. The van der Waals surface area contributed by atoms with E-state index in [0.717, 1.165) is 0 Å². The molecule has 0 amide bonds. The number of anilines is 1. The van der Waals surface area contributed by atoms with Gasteiger partial charge in [-0.15, -0.1) is 0 Å². The molecule has 0 saturated carbocycles. The lowest BCUT2D eigenvalue weighted by Gasteiger charge is -1.96. The molecule has 8 nitrogen and oxygen atoms in total. The maximum atomic E-state index is 10.3. The molecule has 1 rings (SSSR count). The molecular weight excluding hydrogens is 192 g/mol. The highest BCUT2D eigenvalue weighted by molar-refractivity contribution is 6.61. The fourth-order valence-electron chi connectivity index (χ4n) is 0.621. The maximum absolute atomic E-state index is 10.3. The van der Waals surface area contributed by atoms with E-state index in [1.54, 1.807) is 0 Å². The van der Waals surface area contributed by atoms with E-state index in [1.165, 1.54) is 12.3 Å². The Morgan fingerprint density at radius 3 is 2.50 bits per heavy atom. The molecule has 0 atom stereocenters. The third-order valence-electron chi connectivity index (χ3n) is 1.19. The Morgan fingerprint density at radius 2 is 2.07 bits per heavy atom. The summed E-state index contributed by atoms with van der Waals surface area (Å²) in [5.41, 5.74) is 1.20. The molecule has 1 heterocycles. The lowest BCUT2D eigenvalue weighted by molar-refractivity contribution is -0.134. The Balaban J connectivity index is 2.75. The maximum Gasteiger partial charge on any atom is 0.364 e. The Hall–Kier alpha value is -2.38. The van der Waals surface area contributed by atoms with Gasteiger partial charge in [0.15, 0.2) is 0 Å². The van der Waals surface area contributed by atoms with Crippen molar-refractivity contribution in [1.29, 1.82) is 0 Å². The number of aromatic amines is 1. The summed E-state index contributed by atoms with van der Waals surface area (Å²) in [6.45, 7) is 0. The van der Waals surface area contributed by atoms with Crippen LogP contribution in [0.2, 0.25) is 0 Å². The fraction of sp³-hybridized carbons (Fsp3) is 0. The number of carboxylic acid groups (broad SMARTS) is 2.